The molecule has 0 aliphatic carbocycles. The van der Waals surface area contributed by atoms with Crippen molar-refractivity contribution in [3.8, 4) is 0 Å². The van der Waals surface area contributed by atoms with Crippen LogP contribution in [-0.4, -0.2) is 11.1 Å². The van der Waals surface area contributed by atoms with Crippen LogP contribution in [0.25, 0.3) is 0 Å². The molecule has 0 heterocycles. The minimum atomic E-state index is -0.935. The van der Waals surface area contributed by atoms with Crippen LogP contribution in [0.4, 0.5) is 0 Å². The Morgan fingerprint density at radius 3 is 1.75 bits per heavy atom. The summed E-state index contributed by atoms with van der Waals surface area (Å²) < 4.78 is 0. The third kappa shape index (κ3) is 9.31. The molecule has 0 rings (SSSR count). The molecule has 0 aliphatic heterocycles. The first-order valence-corrected chi connectivity index (χ1v) is 1.53. The van der Waals surface area contributed by atoms with E-state index in [0.29, 0.717) is 0 Å². The van der Waals surface area contributed by atoms with Gasteiger partial charge in [-0.2, -0.15) is 0 Å². The molecular formula is C5H9O2W-. The Balaban J connectivity index is -0.000000125. The Hall–Kier alpha value is -0.102. The molecule has 0 unspecified atom stereocenters. The van der Waals surface area contributed by atoms with E-state index in [4.69, 9.17) is 5.11 Å². The first kappa shape index (κ1) is 15.7. The van der Waals surface area contributed by atoms with E-state index < -0.39 is 5.97 Å². The maximum absolute atomic E-state index is 9.60. The zero-order chi connectivity index (χ0) is 5.15. The summed E-state index contributed by atoms with van der Waals surface area (Å²) in [6, 6.07) is 0. The molecule has 0 aromatic rings. The van der Waals surface area contributed by atoms with Crippen LogP contribution in [0, 0.1) is 7.43 Å². The largest absolute Gasteiger partial charge is 0.478 e. The maximum atomic E-state index is 9.60. The summed E-state index contributed by atoms with van der Waals surface area (Å²) in [6.45, 7) is 4.60. The summed E-state index contributed by atoms with van der Waals surface area (Å²) in [5.74, 6) is -0.935. The number of carboxylic acid groups (broad SMARTS) is 1. The quantitative estimate of drug-likeness (QED) is 0.578. The fourth-order valence-electron chi connectivity index (χ4n) is 0. The summed E-state index contributed by atoms with van der Waals surface area (Å²) in [7, 11) is 0. The summed E-state index contributed by atoms with van der Waals surface area (Å²) in [5, 5.41) is 7.89. The van der Waals surface area contributed by atoms with Crippen molar-refractivity contribution >= 4 is 5.97 Å². The van der Waals surface area contributed by atoms with Crippen LogP contribution in [0.3, 0.4) is 0 Å². The molecule has 0 fully saturated rings. The molecule has 0 aliphatic rings. The molecular weight excluding hydrogens is 276 g/mol. The van der Waals surface area contributed by atoms with Crippen LogP contribution in [-0.2, 0) is 25.9 Å². The van der Waals surface area contributed by atoms with E-state index in [1.165, 1.54) is 6.92 Å². The van der Waals surface area contributed by atoms with Gasteiger partial charge in [-0.25, -0.2) is 4.79 Å². The van der Waals surface area contributed by atoms with Gasteiger partial charge in [0, 0.05) is 26.6 Å². The van der Waals surface area contributed by atoms with E-state index in [-0.39, 0.29) is 34.1 Å². The van der Waals surface area contributed by atoms with Gasteiger partial charge in [-0.3, -0.25) is 0 Å². The predicted molar refractivity (Wildman–Crippen MR) is 28.9 cm³/mol. The van der Waals surface area contributed by atoms with Crippen molar-refractivity contribution < 1.29 is 31.0 Å². The first-order chi connectivity index (χ1) is 2.64. The Labute approximate surface area is 63.9 Å². The average Bonchev–Trinajstić information content (AvgIpc) is 1.36. The van der Waals surface area contributed by atoms with Gasteiger partial charge in [0.05, 0.1) is 0 Å². The van der Waals surface area contributed by atoms with Crippen molar-refractivity contribution in [2.75, 3.05) is 0 Å². The zero-order valence-corrected chi connectivity index (χ0v) is 7.90. The molecule has 0 saturated heterocycles. The number of hydrogen-bond acceptors (Lipinski definition) is 1. The van der Waals surface area contributed by atoms with Crippen molar-refractivity contribution in [1.29, 1.82) is 0 Å². The van der Waals surface area contributed by atoms with Gasteiger partial charge in [0.25, 0.3) is 0 Å². The number of hydrogen-bond donors (Lipinski definition) is 1. The molecule has 0 amide bonds. The van der Waals surface area contributed by atoms with Crippen molar-refractivity contribution in [3.63, 3.8) is 0 Å². The molecule has 0 aromatic carbocycles. The molecule has 1 N–H and O–H groups in total. The smallest absolute Gasteiger partial charge is 0.330 e. The number of carboxylic acids is 1. The van der Waals surface area contributed by atoms with E-state index in [9.17, 15) is 4.79 Å². The van der Waals surface area contributed by atoms with Crippen LogP contribution in [0.5, 0.6) is 0 Å². The molecule has 0 bridgehead atoms. The van der Waals surface area contributed by atoms with E-state index in [2.05, 4.69) is 6.58 Å². The van der Waals surface area contributed by atoms with Crippen molar-refractivity contribution in [3.05, 3.63) is 19.6 Å². The van der Waals surface area contributed by atoms with E-state index in [0.717, 1.165) is 0 Å². The molecule has 48 valence electrons. The second-order valence-electron chi connectivity index (χ2n) is 1.09. The van der Waals surface area contributed by atoms with Crippen LogP contribution < -0.4 is 0 Å². The fourth-order valence-corrected chi connectivity index (χ4v) is 0. The molecule has 3 heteroatoms. The van der Waals surface area contributed by atoms with Crippen molar-refractivity contribution in [1.82, 2.24) is 0 Å². The van der Waals surface area contributed by atoms with Gasteiger partial charge >= 0.3 is 5.97 Å². The summed E-state index contributed by atoms with van der Waals surface area (Å²) in [5.41, 5.74) is 0.176. The minimum absolute atomic E-state index is 0. The average molecular weight is 285 g/mol. The SMILES string of the molecule is C=C(C)C(=O)O.[CH3-].[W]. The second kappa shape index (κ2) is 6.90. The van der Waals surface area contributed by atoms with Crippen LogP contribution in [0.1, 0.15) is 6.92 Å². The normalized spacial score (nSPS) is 5.62. The number of carbonyl (C=O) groups is 1. The van der Waals surface area contributed by atoms with Gasteiger partial charge in [-0.1, -0.05) is 6.58 Å². The Morgan fingerprint density at radius 1 is 1.62 bits per heavy atom. The standard InChI is InChI=1S/C4H6O2.CH3.W/c1-3(2)4(5)6;;/h1H2,2H3,(H,5,6);1H3;/q;-1;. The van der Waals surface area contributed by atoms with Gasteiger partial charge in [-0.05, 0) is 6.92 Å². The predicted octanol–water partition coefficient (Wildman–Crippen LogP) is 1.09. The van der Waals surface area contributed by atoms with Crippen LogP contribution >= 0.6 is 0 Å². The Morgan fingerprint density at radius 2 is 1.75 bits per heavy atom. The van der Waals surface area contributed by atoms with E-state index in [1.807, 2.05) is 0 Å². The third-order valence-corrected chi connectivity index (χ3v) is 0.365. The molecule has 0 atom stereocenters. The summed E-state index contributed by atoms with van der Waals surface area (Å²) in [6.07, 6.45) is 0. The minimum Gasteiger partial charge on any atom is -0.478 e. The van der Waals surface area contributed by atoms with Gasteiger partial charge < -0.3 is 12.5 Å². The Kier molecular flexibility index (Phi) is 13.5. The molecule has 0 aromatic heterocycles. The summed E-state index contributed by atoms with van der Waals surface area (Å²) >= 11 is 0. The van der Waals surface area contributed by atoms with Crippen LogP contribution in [0.15, 0.2) is 12.2 Å². The van der Waals surface area contributed by atoms with Crippen molar-refractivity contribution in [2.24, 2.45) is 0 Å². The van der Waals surface area contributed by atoms with Crippen LogP contribution in [0.2, 0.25) is 0 Å². The third-order valence-electron chi connectivity index (χ3n) is 0.365. The van der Waals surface area contributed by atoms with E-state index >= 15 is 0 Å². The topological polar surface area (TPSA) is 37.3 Å². The monoisotopic (exact) mass is 285 g/mol. The van der Waals surface area contributed by atoms with Crippen molar-refractivity contribution in [2.45, 2.75) is 6.92 Å². The van der Waals surface area contributed by atoms with E-state index in [1.54, 1.807) is 0 Å². The first-order valence-electron chi connectivity index (χ1n) is 1.53. The van der Waals surface area contributed by atoms with Gasteiger partial charge in [0.15, 0.2) is 0 Å². The molecule has 0 radical (unpaired) electrons. The van der Waals surface area contributed by atoms with Gasteiger partial charge in [0.2, 0.25) is 0 Å². The molecule has 8 heavy (non-hydrogen) atoms. The maximum Gasteiger partial charge on any atom is 0.330 e. The van der Waals surface area contributed by atoms with Gasteiger partial charge in [-0.15, -0.1) is 0 Å². The summed E-state index contributed by atoms with van der Waals surface area (Å²) in [4.78, 5) is 9.60. The zero-order valence-electron chi connectivity index (χ0n) is 4.97. The molecule has 2 nitrogen and oxygen atoms in total. The van der Waals surface area contributed by atoms with Gasteiger partial charge in [0.1, 0.15) is 0 Å². The number of aliphatic carboxylic acids is 1. The Bertz CT molecular complexity index is 76.4. The molecule has 0 spiro atoms. The number of rotatable bonds is 1. The fraction of sp³-hybridized carbons (Fsp3) is 0.200. The second-order valence-corrected chi connectivity index (χ2v) is 1.09. The molecule has 0 saturated carbocycles.